The van der Waals surface area contributed by atoms with Crippen LogP contribution in [-0.4, -0.2) is 0 Å². The maximum Gasteiger partial charge on any atom is 0.00410 e. The van der Waals surface area contributed by atoms with Gasteiger partial charge in [0.1, 0.15) is 0 Å². The molecule has 0 aliphatic rings. The highest BCUT2D eigenvalue weighted by atomic mass is 14.5. The van der Waals surface area contributed by atoms with Crippen molar-refractivity contribution in [3.63, 3.8) is 0 Å². The summed E-state index contributed by atoms with van der Waals surface area (Å²) in [5.74, 6) is 0. The second-order valence-electron chi connectivity index (χ2n) is 0.864. The smallest absolute Gasteiger partial charge is 0.00410 e. The Labute approximate surface area is 32.5 Å². The molecular weight excluding hydrogens is 62.1 g/mol. The molecule has 0 rings (SSSR count). The first-order valence-corrected chi connectivity index (χ1v) is 1.51. The molecule has 0 unspecified atom stereocenters. The summed E-state index contributed by atoms with van der Waals surface area (Å²) in [7, 11) is 0. The van der Waals surface area contributed by atoms with Gasteiger partial charge in [0.2, 0.25) is 0 Å². The lowest BCUT2D eigenvalue weighted by Gasteiger charge is -1.76. The van der Waals surface area contributed by atoms with Crippen LogP contribution < -0.4 is 5.73 Å². The zero-order valence-corrected chi connectivity index (χ0v) is 3.36. The molecule has 5 heavy (non-hydrogen) atoms. The van der Waals surface area contributed by atoms with Crippen molar-refractivity contribution < 1.29 is 0 Å². The Morgan fingerprint density at radius 2 is 2.20 bits per heavy atom. The van der Waals surface area contributed by atoms with Crippen LogP contribution in [0.5, 0.6) is 0 Å². The van der Waals surface area contributed by atoms with Crippen LogP contribution in [0.3, 0.4) is 0 Å². The maximum atomic E-state index is 5.04. The molecule has 0 spiro atoms. The largest absolute Gasteiger partial charge is 0.402 e. The summed E-state index contributed by atoms with van der Waals surface area (Å²) in [5, 5.41) is 0. The minimum Gasteiger partial charge on any atom is -0.402 e. The van der Waals surface area contributed by atoms with Crippen molar-refractivity contribution in [3.05, 3.63) is 18.7 Å². The monoisotopic (exact) mass is 70.1 g/mol. The zero-order valence-electron chi connectivity index (χ0n) is 3.36. The molecule has 1 heteroatoms. The lowest BCUT2D eigenvalue weighted by atomic mass is 10.5. The molecule has 1 radical (unpaired) electrons. The van der Waals surface area contributed by atoms with Crippen molar-refractivity contribution in [2.45, 2.75) is 6.92 Å². The van der Waals surface area contributed by atoms with Gasteiger partial charge in [0.25, 0.3) is 0 Å². The van der Waals surface area contributed by atoms with Gasteiger partial charge in [-0.1, -0.05) is 6.08 Å². The van der Waals surface area contributed by atoms with Gasteiger partial charge in [0.15, 0.2) is 0 Å². The van der Waals surface area contributed by atoms with Gasteiger partial charge >= 0.3 is 0 Å². The summed E-state index contributed by atoms with van der Waals surface area (Å²) in [5.41, 5.74) is 5.67. The van der Waals surface area contributed by atoms with Gasteiger partial charge in [-0.2, -0.15) is 0 Å². The SMILES string of the molecule is [CH2]C(N)=CC. The molecule has 0 aromatic heterocycles. The van der Waals surface area contributed by atoms with E-state index in [0.717, 1.165) is 0 Å². The van der Waals surface area contributed by atoms with Crippen LogP contribution in [0.2, 0.25) is 0 Å². The van der Waals surface area contributed by atoms with Crippen molar-refractivity contribution in [3.8, 4) is 0 Å². The third kappa shape index (κ3) is 3.54. The van der Waals surface area contributed by atoms with Gasteiger partial charge in [0, 0.05) is 5.70 Å². The average Bonchev–Trinajstić information content (AvgIpc) is 1.38. The van der Waals surface area contributed by atoms with Crippen LogP contribution in [0, 0.1) is 6.92 Å². The molecule has 0 aromatic rings. The van der Waals surface area contributed by atoms with Crippen LogP contribution in [0.1, 0.15) is 6.92 Å². The van der Waals surface area contributed by atoms with Crippen molar-refractivity contribution >= 4 is 0 Å². The highest BCUT2D eigenvalue weighted by Gasteiger charge is 1.60. The summed E-state index contributed by atoms with van der Waals surface area (Å²) in [6, 6.07) is 0. The van der Waals surface area contributed by atoms with Crippen molar-refractivity contribution in [2.24, 2.45) is 5.73 Å². The Morgan fingerprint density at radius 3 is 2.20 bits per heavy atom. The lowest BCUT2D eigenvalue weighted by Crippen LogP contribution is -1.87. The number of hydrogen-bond acceptors (Lipinski definition) is 1. The summed E-state index contributed by atoms with van der Waals surface area (Å²) in [4.78, 5) is 0. The summed E-state index contributed by atoms with van der Waals surface area (Å²) in [6.07, 6.45) is 1.75. The van der Waals surface area contributed by atoms with Gasteiger partial charge in [0.05, 0.1) is 0 Å². The summed E-state index contributed by atoms with van der Waals surface area (Å²) >= 11 is 0. The first-order valence-electron chi connectivity index (χ1n) is 1.51. The third-order valence-electron chi connectivity index (χ3n) is 0.371. The predicted octanol–water partition coefficient (Wildman–Crippen LogP) is 0.683. The molecular formula is C4H8N. The van der Waals surface area contributed by atoms with Gasteiger partial charge in [-0.25, -0.2) is 0 Å². The van der Waals surface area contributed by atoms with Gasteiger partial charge < -0.3 is 5.73 Å². The second kappa shape index (κ2) is 1.82. The van der Waals surface area contributed by atoms with E-state index in [1.807, 2.05) is 6.92 Å². The summed E-state index contributed by atoms with van der Waals surface area (Å²) in [6.45, 7) is 5.25. The van der Waals surface area contributed by atoms with E-state index in [9.17, 15) is 0 Å². The first-order chi connectivity index (χ1) is 2.27. The minimum absolute atomic E-state index is 0.630. The molecule has 0 atom stereocenters. The van der Waals surface area contributed by atoms with E-state index in [-0.39, 0.29) is 0 Å². The van der Waals surface area contributed by atoms with Gasteiger partial charge in [-0.3, -0.25) is 0 Å². The van der Waals surface area contributed by atoms with E-state index < -0.39 is 0 Å². The van der Waals surface area contributed by atoms with E-state index in [1.165, 1.54) is 0 Å². The number of allylic oxidation sites excluding steroid dienone is 2. The molecule has 1 nitrogen and oxygen atoms in total. The van der Waals surface area contributed by atoms with E-state index in [4.69, 9.17) is 5.73 Å². The fraction of sp³-hybridized carbons (Fsp3) is 0.250. The van der Waals surface area contributed by atoms with Crippen molar-refractivity contribution in [1.82, 2.24) is 0 Å². The van der Waals surface area contributed by atoms with Crippen LogP contribution in [0.4, 0.5) is 0 Å². The molecule has 0 aromatic carbocycles. The fourth-order valence-corrected chi connectivity index (χ4v) is 0. The van der Waals surface area contributed by atoms with E-state index in [2.05, 4.69) is 6.92 Å². The van der Waals surface area contributed by atoms with E-state index in [0.29, 0.717) is 5.70 Å². The van der Waals surface area contributed by atoms with Crippen molar-refractivity contribution in [2.75, 3.05) is 0 Å². The second-order valence-corrected chi connectivity index (χ2v) is 0.864. The van der Waals surface area contributed by atoms with Crippen LogP contribution in [0.15, 0.2) is 11.8 Å². The van der Waals surface area contributed by atoms with E-state index >= 15 is 0 Å². The maximum absolute atomic E-state index is 5.04. The Hall–Kier alpha value is -0.460. The molecule has 0 amide bonds. The Bertz CT molecular complexity index is 41.6. The number of hydrogen-bond donors (Lipinski definition) is 1. The molecule has 0 aliphatic carbocycles. The highest BCUT2D eigenvalue weighted by Crippen LogP contribution is 1.70. The normalized spacial score (nSPS) is 12.0. The number of nitrogens with two attached hydrogens (primary N) is 1. The summed E-state index contributed by atoms with van der Waals surface area (Å²) < 4.78 is 0. The topological polar surface area (TPSA) is 26.0 Å². The van der Waals surface area contributed by atoms with E-state index in [1.54, 1.807) is 6.08 Å². The molecule has 0 saturated heterocycles. The first kappa shape index (κ1) is 4.54. The van der Waals surface area contributed by atoms with Crippen LogP contribution in [-0.2, 0) is 0 Å². The van der Waals surface area contributed by atoms with Gasteiger partial charge in [-0.15, -0.1) is 0 Å². The highest BCUT2D eigenvalue weighted by molar-refractivity contribution is 4.95. The lowest BCUT2D eigenvalue weighted by molar-refractivity contribution is 1.40. The fourth-order valence-electron chi connectivity index (χ4n) is 0. The molecule has 0 heterocycles. The molecule has 0 saturated carbocycles. The molecule has 0 aliphatic heterocycles. The van der Waals surface area contributed by atoms with Crippen LogP contribution in [0.25, 0.3) is 0 Å². The minimum atomic E-state index is 0.630. The molecule has 2 N–H and O–H groups in total. The molecule has 0 bridgehead atoms. The predicted molar refractivity (Wildman–Crippen MR) is 23.3 cm³/mol. The third-order valence-corrected chi connectivity index (χ3v) is 0.371. The Kier molecular flexibility index (Phi) is 1.65. The Balaban J connectivity index is 3.14. The zero-order chi connectivity index (χ0) is 4.28. The molecule has 29 valence electrons. The van der Waals surface area contributed by atoms with Crippen molar-refractivity contribution in [1.29, 1.82) is 0 Å². The number of rotatable bonds is 0. The molecule has 0 fully saturated rings. The Morgan fingerprint density at radius 1 is 2.00 bits per heavy atom. The quantitative estimate of drug-likeness (QED) is 0.445. The van der Waals surface area contributed by atoms with Gasteiger partial charge in [-0.05, 0) is 13.8 Å². The van der Waals surface area contributed by atoms with Crippen LogP contribution >= 0.6 is 0 Å². The standard InChI is InChI=1S/C4H8N/c1-3-4(2)5/h3H,2,5H2,1H3. The average molecular weight is 70.1 g/mol.